The Bertz CT molecular complexity index is 4180. The van der Waals surface area contributed by atoms with Crippen molar-refractivity contribution >= 4 is 111 Å². The molecule has 4 saturated carbocycles. The first-order valence-electron chi connectivity index (χ1n) is 42.6. The van der Waals surface area contributed by atoms with Crippen molar-refractivity contribution in [2.24, 2.45) is 69.5 Å². The molecule has 8 rings (SSSR count). The highest BCUT2D eigenvalue weighted by molar-refractivity contribution is 7.98. The number of carboxylic acid groups (broad SMARTS) is 3. The second-order valence-corrected chi connectivity index (χ2v) is 36.0. The van der Waals surface area contributed by atoms with Crippen LogP contribution in [-0.4, -0.2) is 313 Å². The number of para-hydroxylation sites is 1. The molecule has 5 aliphatic rings. The first kappa shape index (κ1) is 98.7. The Labute approximate surface area is 720 Å². The number of aliphatic hydroxyl groups excluding tert-OH is 2. The van der Waals surface area contributed by atoms with E-state index in [1.165, 1.54) is 48.9 Å². The number of thioether (sulfide) groups is 1. The fourth-order valence-corrected chi connectivity index (χ4v) is 19.7. The van der Waals surface area contributed by atoms with E-state index in [4.69, 9.17) is 17.2 Å². The van der Waals surface area contributed by atoms with E-state index in [-0.39, 0.29) is 183 Å². The summed E-state index contributed by atoms with van der Waals surface area (Å²) < 4.78 is 1.31. The number of carbonyl (C=O) groups is 15. The number of H-pyrrole nitrogens is 1. The lowest BCUT2D eigenvalue weighted by Crippen LogP contribution is -2.63. The molecular formula is C83H129N19O20S. The van der Waals surface area contributed by atoms with Crippen molar-refractivity contribution < 1.29 is 97.5 Å². The first-order valence-corrected chi connectivity index (χ1v) is 44.0. The molecule has 0 radical (unpaired) electrons. The average molecular weight is 1750 g/mol. The number of primary amides is 2. The van der Waals surface area contributed by atoms with Crippen LogP contribution in [0.4, 0.5) is 0 Å². The van der Waals surface area contributed by atoms with Crippen LogP contribution in [0.3, 0.4) is 0 Å². The largest absolute Gasteiger partial charge is 0.480 e. The van der Waals surface area contributed by atoms with Gasteiger partial charge in [0, 0.05) is 108 Å². The number of hydrogen-bond acceptors (Lipinski definition) is 24. The lowest BCUT2D eigenvalue weighted by atomic mass is 9.43. The lowest BCUT2D eigenvalue weighted by Gasteiger charge is -2.63. The first-order chi connectivity index (χ1) is 58.2. The van der Waals surface area contributed by atoms with Crippen LogP contribution >= 0.6 is 11.8 Å². The van der Waals surface area contributed by atoms with E-state index in [2.05, 4.69) is 71.7 Å². The predicted octanol–water partition coefficient (Wildman–Crippen LogP) is -2.17. The number of amides is 11. The molecule has 1 aromatic carbocycles. The topological polar surface area (TPSA) is 590 Å². The van der Waals surface area contributed by atoms with E-state index >= 15 is 0 Å². The van der Waals surface area contributed by atoms with E-state index in [1.807, 2.05) is 27.0 Å². The Morgan fingerprint density at radius 3 is 1.74 bits per heavy atom. The predicted molar refractivity (Wildman–Crippen MR) is 453 cm³/mol. The van der Waals surface area contributed by atoms with Gasteiger partial charge in [-0.3, -0.25) is 96.1 Å². The third-order valence-corrected chi connectivity index (χ3v) is 26.5. The summed E-state index contributed by atoms with van der Waals surface area (Å²) in [6.07, 6.45) is 8.97. The van der Waals surface area contributed by atoms with Crippen molar-refractivity contribution in [1.29, 1.82) is 0 Å². The Morgan fingerprint density at radius 1 is 0.593 bits per heavy atom. The summed E-state index contributed by atoms with van der Waals surface area (Å²) in [5, 5.41) is 78.7. The smallest absolute Gasteiger partial charge is 0.317 e. The van der Waals surface area contributed by atoms with Gasteiger partial charge in [-0.2, -0.15) is 11.8 Å². The molecular weight excluding hydrogens is 1620 g/mol. The monoisotopic (exact) mass is 1740 g/mol. The van der Waals surface area contributed by atoms with Gasteiger partial charge in [0.2, 0.25) is 70.9 Å². The molecule has 40 heteroatoms. The molecule has 4 aliphatic carbocycles. The molecule has 2 aromatic heterocycles. The van der Waals surface area contributed by atoms with E-state index in [0.29, 0.717) is 72.9 Å². The normalized spacial score (nSPS) is 24.8. The highest BCUT2D eigenvalue weighted by Gasteiger charge is 2.66. The van der Waals surface area contributed by atoms with Gasteiger partial charge in [-0.15, -0.1) is 0 Å². The van der Waals surface area contributed by atoms with Crippen LogP contribution in [-0.2, 0) is 80.0 Å². The number of benzene rings is 1. The van der Waals surface area contributed by atoms with Crippen LogP contribution in [0.1, 0.15) is 148 Å². The molecule has 39 nitrogen and oxygen atoms in total. The summed E-state index contributed by atoms with van der Waals surface area (Å²) in [6, 6.07) is -2.12. The number of nitrogens with zero attached hydrogens (tertiary/aromatic N) is 6. The Kier molecular flexibility index (Phi) is 36.7. The summed E-state index contributed by atoms with van der Waals surface area (Å²) in [6.45, 7) is 12.3. The van der Waals surface area contributed by atoms with E-state index < -0.39 is 155 Å². The molecule has 18 atom stereocenters. The van der Waals surface area contributed by atoms with E-state index in [0.717, 1.165) is 6.42 Å². The van der Waals surface area contributed by atoms with Crippen molar-refractivity contribution in [3.05, 3.63) is 54.2 Å². The van der Waals surface area contributed by atoms with Gasteiger partial charge >= 0.3 is 17.9 Å². The number of aliphatic hydroxyl groups is 2. The van der Waals surface area contributed by atoms with Crippen LogP contribution in [0.15, 0.2) is 43.0 Å². The number of rotatable bonds is 42. The van der Waals surface area contributed by atoms with Crippen LogP contribution in [0.2, 0.25) is 0 Å². The zero-order chi connectivity index (χ0) is 90.3. The van der Waals surface area contributed by atoms with E-state index in [1.54, 1.807) is 43.9 Å². The van der Waals surface area contributed by atoms with E-state index in [9.17, 15) is 97.5 Å². The molecule has 5 fully saturated rings. The second kappa shape index (κ2) is 45.8. The summed E-state index contributed by atoms with van der Waals surface area (Å²) in [5.74, 6) is -11.5. The number of aliphatic carboxylic acids is 3. The van der Waals surface area contributed by atoms with Gasteiger partial charge in [0.15, 0.2) is 0 Å². The molecule has 21 N–H and O–H groups in total. The number of nitrogens with one attached hydrogen (secondary N) is 10. The standard InChI is InChI=1S/C83H129N19O20S/c1-46(2)31-60(79(120)96-59(75(86)116)20-30-123-8)97-80(121)62(35-53-37-87-45-90-53)95-69(108)39-89-76(117)48(4)91-77(118)49(5)92-78(119)61(32-50-40-102(63-12-10-9-11-54(50)63)81(122)58(84)16-17-66(85)105)94-67(106)18-13-47(3)55-14-15-56-74-57(36-65(104)83(55,56)7)82(6)21-19-52(33-51(82)34-64(74)103)93-68(107)38-88-70(109)41-98-22-24-99(42-71(110)111)26-28-101(44-73(114)115)29-27-100(25-23-98)43-72(112)113/h9-12,37,40,45-49,51-52,55-62,64-65,74,103-104H,13-36,38-39,41-44,84H2,1-8H3,(H2,85,105)(H2,86,116)(H,87,90)(H,88,109)(H,89,117)(H,91,118)(H,92,119)(H,93,107)(H,94,106)(H,95,108)(H,96,120)(H,97,121)(H,110,111)(H,112,113)(H,114,115)/t47-,48+,49+,51+,52+,55-,56?,57?,58+,59+,60+,61+,62+,64-,65+,74?,82+,83-/m1/s1. The maximum Gasteiger partial charge on any atom is 0.317 e. The van der Waals surface area contributed by atoms with Gasteiger partial charge in [0.05, 0.1) is 69.4 Å². The van der Waals surface area contributed by atoms with Crippen molar-refractivity contribution in [2.75, 3.05) is 104 Å². The number of carboxylic acids is 3. The molecule has 682 valence electrons. The molecule has 3 unspecified atom stereocenters. The van der Waals surface area contributed by atoms with Crippen LogP contribution in [0.25, 0.3) is 10.9 Å². The number of nitrogens with two attached hydrogens (primary N) is 3. The quantitative estimate of drug-likeness (QED) is 0.0287. The van der Waals surface area contributed by atoms with Crippen LogP contribution < -0.4 is 65.1 Å². The zero-order valence-electron chi connectivity index (χ0n) is 71.8. The number of aromatic nitrogens is 3. The Hall–Kier alpha value is -9.71. The molecule has 1 saturated heterocycles. The van der Waals surface area contributed by atoms with Gasteiger partial charge in [-0.1, -0.05) is 52.8 Å². The molecule has 123 heavy (non-hydrogen) atoms. The molecule has 1 aliphatic heterocycles. The molecule has 0 bridgehead atoms. The minimum atomic E-state index is -1.39. The van der Waals surface area contributed by atoms with Gasteiger partial charge in [0.1, 0.15) is 36.3 Å². The highest BCUT2D eigenvalue weighted by Crippen LogP contribution is 2.68. The third kappa shape index (κ3) is 27.9. The minimum Gasteiger partial charge on any atom is -0.480 e. The van der Waals surface area contributed by atoms with Crippen molar-refractivity contribution in [3.8, 4) is 0 Å². The minimum absolute atomic E-state index is 0.0163. The van der Waals surface area contributed by atoms with Crippen molar-refractivity contribution in [3.63, 3.8) is 0 Å². The van der Waals surface area contributed by atoms with Gasteiger partial charge in [-0.05, 0) is 160 Å². The third-order valence-electron chi connectivity index (χ3n) is 25.9. The second-order valence-electron chi connectivity index (χ2n) is 35.0. The molecule has 11 amide bonds. The Balaban J connectivity index is 0.872. The van der Waals surface area contributed by atoms with Crippen LogP contribution in [0.5, 0.6) is 0 Å². The van der Waals surface area contributed by atoms with Crippen LogP contribution in [0, 0.1) is 52.3 Å². The molecule has 3 heterocycles. The average Bonchev–Trinajstić information content (AvgIpc) is 1.65. The van der Waals surface area contributed by atoms with Crippen molar-refractivity contribution in [1.82, 2.24) is 82.0 Å². The summed E-state index contributed by atoms with van der Waals surface area (Å²) >= 11 is 1.45. The lowest BCUT2D eigenvalue weighted by molar-refractivity contribution is -0.202. The molecule has 0 spiro atoms. The number of aromatic amines is 1. The fourth-order valence-electron chi connectivity index (χ4n) is 19.2. The molecule has 3 aromatic rings. The van der Waals surface area contributed by atoms with Crippen molar-refractivity contribution in [2.45, 2.75) is 205 Å². The van der Waals surface area contributed by atoms with Gasteiger partial charge < -0.3 is 95.6 Å². The fraction of sp³-hybridized carbons (Fsp3) is 0.687. The number of hydrogen-bond donors (Lipinski definition) is 18. The number of carbonyl (C=O) groups excluding carboxylic acids is 12. The Morgan fingerprint density at radius 2 is 1.15 bits per heavy atom. The summed E-state index contributed by atoms with van der Waals surface area (Å²) in [4.78, 5) is 212. The van der Waals surface area contributed by atoms with Gasteiger partial charge in [0.25, 0.3) is 0 Å². The van der Waals surface area contributed by atoms with Gasteiger partial charge in [-0.25, -0.2) is 4.98 Å². The number of imidazole rings is 1. The summed E-state index contributed by atoms with van der Waals surface area (Å²) in [7, 11) is 0. The maximum absolute atomic E-state index is 14.8. The maximum atomic E-state index is 14.8. The SMILES string of the molecule is CSCC[C@H](NC(=O)[C@H](CC(C)C)NC(=O)[C@H](Cc1cnc[nH]1)NC(=O)CNC(=O)[C@H](C)NC(=O)[C@H](C)NC(=O)[C@H](Cc1cn(C(=O)[C@@H](N)CCC(N)=O)c2ccccc12)NC(=O)CC[C@@H](C)[C@H]1CCC2C3C(C[C@H](O)[C@@]21C)[C@@]1(C)CC[C@H](NC(=O)CNC(=O)CN2CCN(CC(=O)O)CCN(CC(=O)O)CCN(CC(=O)O)CC2)C[C@H]1C[C@H]3O)C(N)=O. The summed E-state index contributed by atoms with van der Waals surface area (Å²) in [5.41, 5.74) is 17.6. The highest BCUT2D eigenvalue weighted by atomic mass is 32.2. The number of fused-ring (bicyclic) bond motifs is 6. The zero-order valence-corrected chi connectivity index (χ0v) is 72.6.